The van der Waals surface area contributed by atoms with Crippen molar-refractivity contribution in [3.63, 3.8) is 0 Å². The highest BCUT2D eigenvalue weighted by molar-refractivity contribution is 6.07. The van der Waals surface area contributed by atoms with Gasteiger partial charge in [-0.15, -0.1) is 10.2 Å². The lowest BCUT2D eigenvalue weighted by Crippen LogP contribution is -2.41. The Bertz CT molecular complexity index is 1200. The maximum absolute atomic E-state index is 13.3. The number of urea groups is 1. The van der Waals surface area contributed by atoms with E-state index in [0.717, 1.165) is 24.3 Å². The molecular weight excluding hydrogens is 396 g/mol. The Morgan fingerprint density at radius 3 is 2.84 bits per heavy atom. The summed E-state index contributed by atoms with van der Waals surface area (Å²) in [5, 5.41) is 13.5. The van der Waals surface area contributed by atoms with E-state index in [1.165, 1.54) is 0 Å². The third kappa shape index (κ3) is 3.22. The van der Waals surface area contributed by atoms with Crippen LogP contribution in [-0.4, -0.2) is 50.4 Å². The molecule has 2 aromatic heterocycles. The van der Waals surface area contributed by atoms with Crippen LogP contribution < -0.4 is 10.6 Å². The highest BCUT2D eigenvalue weighted by atomic mass is 16.2. The summed E-state index contributed by atoms with van der Waals surface area (Å²) in [5.41, 5.74) is 0.648. The summed E-state index contributed by atoms with van der Waals surface area (Å²) in [6, 6.07) is 12.1. The molecule has 4 amide bonds. The average Bonchev–Trinajstić information content (AvgIpc) is 3.34. The normalized spacial score (nSPS) is 23.6. The number of aromatic nitrogens is 3. The fourth-order valence-corrected chi connectivity index (χ4v) is 4.40. The SMILES string of the molecule is CC1(c2cccc(C(=O)N3CCCC(c4nnc5ccccn45)C3)c2)NC(=O)NC1=O. The molecule has 2 atom stereocenters. The molecule has 3 aromatic rings. The van der Waals surface area contributed by atoms with Gasteiger partial charge in [-0.2, -0.15) is 0 Å². The molecule has 1 aromatic carbocycles. The zero-order valence-electron chi connectivity index (χ0n) is 17.0. The molecule has 2 saturated heterocycles. The second-order valence-electron chi connectivity index (χ2n) is 8.19. The van der Waals surface area contributed by atoms with Gasteiger partial charge in [0.1, 0.15) is 11.4 Å². The molecule has 158 valence electrons. The number of nitrogens with one attached hydrogen (secondary N) is 2. The van der Waals surface area contributed by atoms with E-state index < -0.39 is 17.5 Å². The van der Waals surface area contributed by atoms with E-state index in [2.05, 4.69) is 20.8 Å². The van der Waals surface area contributed by atoms with Crippen LogP contribution in [0.4, 0.5) is 4.79 Å². The summed E-state index contributed by atoms with van der Waals surface area (Å²) in [4.78, 5) is 39.0. The molecule has 5 rings (SSSR count). The van der Waals surface area contributed by atoms with E-state index >= 15 is 0 Å². The number of hydrogen-bond donors (Lipinski definition) is 2. The van der Waals surface area contributed by atoms with E-state index in [4.69, 9.17) is 0 Å². The van der Waals surface area contributed by atoms with Crippen LogP contribution in [0.5, 0.6) is 0 Å². The van der Waals surface area contributed by atoms with Gasteiger partial charge < -0.3 is 10.2 Å². The molecule has 2 aliphatic heterocycles. The van der Waals surface area contributed by atoms with Crippen LogP contribution in [0.25, 0.3) is 5.65 Å². The van der Waals surface area contributed by atoms with E-state index in [0.29, 0.717) is 24.2 Å². The Balaban J connectivity index is 1.39. The first kappa shape index (κ1) is 19.2. The summed E-state index contributed by atoms with van der Waals surface area (Å²) in [5.74, 6) is 0.419. The Morgan fingerprint density at radius 1 is 1.16 bits per heavy atom. The summed E-state index contributed by atoms with van der Waals surface area (Å²) >= 11 is 0. The van der Waals surface area contributed by atoms with Crippen molar-refractivity contribution in [2.45, 2.75) is 31.2 Å². The molecule has 2 N–H and O–H groups in total. The van der Waals surface area contributed by atoms with Crippen molar-refractivity contribution in [3.05, 3.63) is 65.6 Å². The molecule has 2 aliphatic rings. The standard InChI is InChI=1S/C22H22N6O3/c1-22(20(30)23-21(31)24-22)16-8-4-6-14(12-16)19(29)27-10-5-7-15(13-27)18-26-25-17-9-2-3-11-28(17)18/h2-4,6,8-9,11-12,15H,5,7,10,13H2,1H3,(H2,23,24,30,31). The first-order valence-electron chi connectivity index (χ1n) is 10.3. The Kier molecular flexibility index (Phi) is 4.46. The number of piperidine rings is 1. The Hall–Kier alpha value is -3.75. The van der Waals surface area contributed by atoms with Gasteiger partial charge in [-0.1, -0.05) is 18.2 Å². The van der Waals surface area contributed by atoms with Crippen molar-refractivity contribution in [2.24, 2.45) is 0 Å². The van der Waals surface area contributed by atoms with E-state index in [1.807, 2.05) is 33.7 Å². The molecule has 0 aliphatic carbocycles. The van der Waals surface area contributed by atoms with Crippen LogP contribution in [0.1, 0.15) is 47.4 Å². The van der Waals surface area contributed by atoms with Crippen molar-refractivity contribution in [2.75, 3.05) is 13.1 Å². The Morgan fingerprint density at radius 2 is 2.03 bits per heavy atom. The van der Waals surface area contributed by atoms with E-state index in [-0.39, 0.29) is 11.8 Å². The van der Waals surface area contributed by atoms with Gasteiger partial charge in [0.15, 0.2) is 5.65 Å². The van der Waals surface area contributed by atoms with Crippen molar-refractivity contribution < 1.29 is 14.4 Å². The second-order valence-corrected chi connectivity index (χ2v) is 8.19. The highest BCUT2D eigenvalue weighted by Crippen LogP contribution is 2.29. The van der Waals surface area contributed by atoms with Crippen LogP contribution in [0, 0.1) is 0 Å². The number of hydrogen-bond acceptors (Lipinski definition) is 5. The number of imide groups is 1. The molecule has 0 radical (unpaired) electrons. The number of pyridine rings is 1. The number of likely N-dealkylation sites (tertiary alicyclic amines) is 1. The van der Waals surface area contributed by atoms with Gasteiger partial charge in [0, 0.05) is 30.8 Å². The summed E-state index contributed by atoms with van der Waals surface area (Å²) in [6.45, 7) is 2.84. The zero-order valence-corrected chi connectivity index (χ0v) is 17.0. The molecule has 2 unspecified atom stereocenters. The van der Waals surface area contributed by atoms with E-state index in [1.54, 1.807) is 31.2 Å². The topological polar surface area (TPSA) is 109 Å². The smallest absolute Gasteiger partial charge is 0.322 e. The van der Waals surface area contributed by atoms with Gasteiger partial charge >= 0.3 is 6.03 Å². The fourth-order valence-electron chi connectivity index (χ4n) is 4.40. The predicted molar refractivity (Wildman–Crippen MR) is 111 cm³/mol. The number of fused-ring (bicyclic) bond motifs is 1. The number of benzene rings is 1. The Labute approximate surface area is 178 Å². The lowest BCUT2D eigenvalue weighted by atomic mass is 9.90. The van der Waals surface area contributed by atoms with Crippen molar-refractivity contribution in [1.82, 2.24) is 30.1 Å². The van der Waals surface area contributed by atoms with Crippen LogP contribution in [0.15, 0.2) is 48.7 Å². The fraction of sp³-hybridized carbons (Fsp3) is 0.318. The zero-order chi connectivity index (χ0) is 21.6. The van der Waals surface area contributed by atoms with Gasteiger partial charge in [-0.05, 0) is 49.6 Å². The van der Waals surface area contributed by atoms with E-state index in [9.17, 15) is 14.4 Å². The molecule has 9 heteroatoms. The number of carbonyl (C=O) groups excluding carboxylic acids is 3. The molecule has 31 heavy (non-hydrogen) atoms. The minimum atomic E-state index is -1.20. The van der Waals surface area contributed by atoms with Crippen molar-refractivity contribution >= 4 is 23.5 Å². The van der Waals surface area contributed by atoms with Gasteiger partial charge in [0.25, 0.3) is 11.8 Å². The van der Waals surface area contributed by atoms with Gasteiger partial charge in [-0.25, -0.2) is 4.79 Å². The third-order valence-electron chi connectivity index (χ3n) is 6.15. The van der Waals surface area contributed by atoms with Gasteiger partial charge in [0.05, 0.1) is 0 Å². The molecule has 4 heterocycles. The first-order chi connectivity index (χ1) is 15.0. The predicted octanol–water partition coefficient (Wildman–Crippen LogP) is 1.80. The average molecular weight is 418 g/mol. The van der Waals surface area contributed by atoms with Crippen LogP contribution in [-0.2, 0) is 10.3 Å². The summed E-state index contributed by atoms with van der Waals surface area (Å²) in [7, 11) is 0. The molecule has 9 nitrogen and oxygen atoms in total. The number of carbonyl (C=O) groups is 3. The maximum Gasteiger partial charge on any atom is 0.322 e. The minimum Gasteiger partial charge on any atom is -0.338 e. The van der Waals surface area contributed by atoms with Crippen LogP contribution >= 0.6 is 0 Å². The first-order valence-corrected chi connectivity index (χ1v) is 10.3. The quantitative estimate of drug-likeness (QED) is 0.631. The number of amides is 4. The molecule has 2 fully saturated rings. The van der Waals surface area contributed by atoms with Gasteiger partial charge in [-0.3, -0.25) is 19.3 Å². The lowest BCUT2D eigenvalue weighted by Gasteiger charge is -2.32. The third-order valence-corrected chi connectivity index (χ3v) is 6.15. The maximum atomic E-state index is 13.3. The highest BCUT2D eigenvalue weighted by Gasteiger charge is 2.43. The van der Waals surface area contributed by atoms with Crippen LogP contribution in [0.2, 0.25) is 0 Å². The lowest BCUT2D eigenvalue weighted by molar-refractivity contribution is -0.123. The molecular formula is C22H22N6O3. The molecule has 0 spiro atoms. The number of rotatable bonds is 3. The minimum absolute atomic E-state index is 0.0932. The van der Waals surface area contributed by atoms with Crippen molar-refractivity contribution in [1.29, 1.82) is 0 Å². The van der Waals surface area contributed by atoms with Crippen molar-refractivity contribution in [3.8, 4) is 0 Å². The van der Waals surface area contributed by atoms with Gasteiger partial charge in [0.2, 0.25) is 0 Å². The monoisotopic (exact) mass is 418 g/mol. The molecule has 0 bridgehead atoms. The second kappa shape index (κ2) is 7.19. The summed E-state index contributed by atoms with van der Waals surface area (Å²) in [6.07, 6.45) is 3.74. The molecule has 0 saturated carbocycles. The van der Waals surface area contributed by atoms with Crippen LogP contribution in [0.3, 0.4) is 0 Å². The largest absolute Gasteiger partial charge is 0.338 e. The number of nitrogens with zero attached hydrogens (tertiary/aromatic N) is 4. The summed E-state index contributed by atoms with van der Waals surface area (Å²) < 4.78 is 1.97.